The van der Waals surface area contributed by atoms with Gasteiger partial charge in [0.05, 0.1) is 11.5 Å². The van der Waals surface area contributed by atoms with Crippen molar-refractivity contribution in [1.82, 2.24) is 4.31 Å². The normalized spacial score (nSPS) is 12.0. The molecule has 1 rings (SSSR count). The van der Waals surface area contributed by atoms with Crippen LogP contribution in [0, 0.1) is 0 Å². The average Bonchev–Trinajstić information content (AvgIpc) is 2.32. The van der Waals surface area contributed by atoms with Gasteiger partial charge < -0.3 is 10.8 Å². The maximum atomic E-state index is 12.4. The van der Waals surface area contributed by atoms with Crippen LogP contribution in [-0.4, -0.2) is 37.5 Å². The topological polar surface area (TPSA) is 83.6 Å². The lowest BCUT2D eigenvalue weighted by Crippen LogP contribution is -2.34. The number of benzene rings is 1. The quantitative estimate of drug-likeness (QED) is 0.769. The Morgan fingerprint density at radius 3 is 2.61 bits per heavy atom. The van der Waals surface area contributed by atoms with Crippen LogP contribution in [0.3, 0.4) is 0 Å². The average molecular weight is 337 g/mol. The number of nitrogens with zero attached hydrogens (tertiary/aromatic N) is 1. The fraction of sp³-hybridized carbons (Fsp3) is 0.455. The number of aliphatic hydroxyl groups excluding tert-OH is 1. The predicted octanol–water partition coefficient (Wildman–Crippen LogP) is 1.42. The van der Waals surface area contributed by atoms with Gasteiger partial charge in [-0.25, -0.2) is 8.42 Å². The summed E-state index contributed by atoms with van der Waals surface area (Å²) in [5, 5.41) is 8.95. The van der Waals surface area contributed by atoms with Gasteiger partial charge in [-0.1, -0.05) is 6.92 Å². The van der Waals surface area contributed by atoms with Gasteiger partial charge in [-0.05, 0) is 40.5 Å². The lowest BCUT2D eigenvalue weighted by atomic mass is 10.3. The molecule has 102 valence electrons. The zero-order chi connectivity index (χ0) is 13.8. The van der Waals surface area contributed by atoms with E-state index in [0.717, 1.165) is 0 Å². The summed E-state index contributed by atoms with van der Waals surface area (Å²) in [6, 6.07) is 4.64. The standard InChI is InChI=1S/C11H17BrN2O3S/c1-2-5-14(6-7-15)18(16,17)11-8-9(13)3-4-10(11)12/h3-4,8,15H,2,5-7,13H2,1H3. The minimum atomic E-state index is -3.63. The van der Waals surface area contributed by atoms with Crippen LogP contribution < -0.4 is 5.73 Å². The van der Waals surface area contributed by atoms with Crippen molar-refractivity contribution in [3.63, 3.8) is 0 Å². The molecular formula is C11H17BrN2O3S. The third-order valence-electron chi connectivity index (χ3n) is 2.40. The number of nitrogen functional groups attached to an aromatic ring is 1. The van der Waals surface area contributed by atoms with Crippen LogP contribution >= 0.6 is 15.9 Å². The molecule has 1 aromatic carbocycles. The molecule has 0 aromatic heterocycles. The number of halogens is 1. The second-order valence-corrected chi connectivity index (χ2v) is 6.58. The Kier molecular flexibility index (Phi) is 5.58. The number of nitrogens with two attached hydrogens (primary N) is 1. The van der Waals surface area contributed by atoms with Crippen molar-refractivity contribution in [2.75, 3.05) is 25.4 Å². The van der Waals surface area contributed by atoms with Crippen molar-refractivity contribution in [3.8, 4) is 0 Å². The Balaban J connectivity index is 3.21. The fourth-order valence-corrected chi connectivity index (χ4v) is 4.05. The summed E-state index contributed by atoms with van der Waals surface area (Å²) in [5.74, 6) is 0. The third-order valence-corrected chi connectivity index (χ3v) is 5.29. The molecule has 0 aliphatic rings. The van der Waals surface area contributed by atoms with Crippen LogP contribution in [0.1, 0.15) is 13.3 Å². The van der Waals surface area contributed by atoms with Crippen molar-refractivity contribution in [3.05, 3.63) is 22.7 Å². The number of aliphatic hydroxyl groups is 1. The summed E-state index contributed by atoms with van der Waals surface area (Å²) in [4.78, 5) is 0.129. The molecule has 0 fully saturated rings. The van der Waals surface area contributed by atoms with E-state index in [1.54, 1.807) is 12.1 Å². The molecule has 0 aliphatic carbocycles. The molecule has 18 heavy (non-hydrogen) atoms. The molecule has 0 spiro atoms. The predicted molar refractivity (Wildman–Crippen MR) is 74.7 cm³/mol. The van der Waals surface area contributed by atoms with Crippen molar-refractivity contribution in [1.29, 1.82) is 0 Å². The Labute approximate surface area is 116 Å². The van der Waals surface area contributed by atoms with E-state index < -0.39 is 10.0 Å². The molecule has 5 nitrogen and oxygen atoms in total. The van der Waals surface area contributed by atoms with Gasteiger partial charge in [-0.3, -0.25) is 0 Å². The van der Waals surface area contributed by atoms with Gasteiger partial charge in [0.1, 0.15) is 0 Å². The van der Waals surface area contributed by atoms with E-state index in [1.165, 1.54) is 10.4 Å². The number of rotatable bonds is 6. The molecule has 0 bridgehead atoms. The van der Waals surface area contributed by atoms with E-state index in [9.17, 15) is 8.42 Å². The van der Waals surface area contributed by atoms with Crippen LogP contribution in [0.5, 0.6) is 0 Å². The van der Waals surface area contributed by atoms with Crippen LogP contribution in [0.4, 0.5) is 5.69 Å². The molecule has 0 saturated heterocycles. The van der Waals surface area contributed by atoms with E-state index in [1.807, 2.05) is 6.92 Å². The first-order valence-electron chi connectivity index (χ1n) is 5.59. The second-order valence-electron chi connectivity index (χ2n) is 3.82. The summed E-state index contributed by atoms with van der Waals surface area (Å²) < 4.78 is 26.6. The highest BCUT2D eigenvalue weighted by Gasteiger charge is 2.25. The Morgan fingerprint density at radius 1 is 1.39 bits per heavy atom. The van der Waals surface area contributed by atoms with Crippen molar-refractivity contribution < 1.29 is 13.5 Å². The highest BCUT2D eigenvalue weighted by Crippen LogP contribution is 2.27. The van der Waals surface area contributed by atoms with Crippen LogP contribution in [-0.2, 0) is 10.0 Å². The van der Waals surface area contributed by atoms with Crippen molar-refractivity contribution in [2.45, 2.75) is 18.2 Å². The molecule has 0 aliphatic heterocycles. The molecule has 0 amide bonds. The number of sulfonamides is 1. The molecule has 0 radical (unpaired) electrons. The lowest BCUT2D eigenvalue weighted by Gasteiger charge is -2.21. The van der Waals surface area contributed by atoms with E-state index in [-0.39, 0.29) is 18.0 Å². The first kappa shape index (κ1) is 15.4. The number of anilines is 1. The van der Waals surface area contributed by atoms with E-state index in [2.05, 4.69) is 15.9 Å². The molecular weight excluding hydrogens is 320 g/mol. The van der Waals surface area contributed by atoms with Crippen LogP contribution in [0.15, 0.2) is 27.6 Å². The molecule has 0 heterocycles. The second kappa shape index (κ2) is 6.51. The smallest absolute Gasteiger partial charge is 0.244 e. The minimum absolute atomic E-state index is 0.0808. The van der Waals surface area contributed by atoms with E-state index in [0.29, 0.717) is 23.1 Å². The van der Waals surface area contributed by atoms with E-state index in [4.69, 9.17) is 10.8 Å². The maximum Gasteiger partial charge on any atom is 0.244 e. The number of hydrogen-bond acceptors (Lipinski definition) is 4. The van der Waals surface area contributed by atoms with Crippen LogP contribution in [0.25, 0.3) is 0 Å². The summed E-state index contributed by atoms with van der Waals surface area (Å²) in [6.07, 6.45) is 0.680. The van der Waals surface area contributed by atoms with Crippen LogP contribution in [0.2, 0.25) is 0 Å². The lowest BCUT2D eigenvalue weighted by molar-refractivity contribution is 0.253. The summed E-state index contributed by atoms with van der Waals surface area (Å²) in [6.45, 7) is 2.12. The highest BCUT2D eigenvalue weighted by molar-refractivity contribution is 9.10. The third kappa shape index (κ3) is 3.44. The zero-order valence-electron chi connectivity index (χ0n) is 10.1. The summed E-state index contributed by atoms with van der Waals surface area (Å²) in [7, 11) is -3.63. The molecule has 0 unspecified atom stereocenters. The fourth-order valence-electron chi connectivity index (χ4n) is 1.57. The Bertz CT molecular complexity index is 499. The van der Waals surface area contributed by atoms with Gasteiger partial charge in [0.2, 0.25) is 10.0 Å². The molecule has 3 N–H and O–H groups in total. The SMILES string of the molecule is CCCN(CCO)S(=O)(=O)c1cc(N)ccc1Br. The van der Waals surface area contributed by atoms with Gasteiger partial charge >= 0.3 is 0 Å². The Hall–Kier alpha value is -0.630. The first-order chi connectivity index (χ1) is 8.43. The van der Waals surface area contributed by atoms with Gasteiger partial charge in [0.15, 0.2) is 0 Å². The monoisotopic (exact) mass is 336 g/mol. The molecule has 7 heteroatoms. The summed E-state index contributed by atoms with van der Waals surface area (Å²) in [5.41, 5.74) is 6.01. The largest absolute Gasteiger partial charge is 0.399 e. The summed E-state index contributed by atoms with van der Waals surface area (Å²) >= 11 is 3.21. The minimum Gasteiger partial charge on any atom is -0.399 e. The molecule has 0 atom stereocenters. The molecule has 0 saturated carbocycles. The first-order valence-corrected chi connectivity index (χ1v) is 7.82. The Morgan fingerprint density at radius 2 is 2.06 bits per heavy atom. The molecule has 1 aromatic rings. The van der Waals surface area contributed by atoms with Gasteiger partial charge in [0, 0.05) is 23.2 Å². The highest BCUT2D eigenvalue weighted by atomic mass is 79.9. The van der Waals surface area contributed by atoms with Gasteiger partial charge in [-0.15, -0.1) is 0 Å². The van der Waals surface area contributed by atoms with E-state index >= 15 is 0 Å². The van der Waals surface area contributed by atoms with Gasteiger partial charge in [-0.2, -0.15) is 4.31 Å². The number of hydrogen-bond donors (Lipinski definition) is 2. The van der Waals surface area contributed by atoms with Gasteiger partial charge in [0.25, 0.3) is 0 Å². The maximum absolute atomic E-state index is 12.4. The zero-order valence-corrected chi connectivity index (χ0v) is 12.5. The van der Waals surface area contributed by atoms with Crippen molar-refractivity contribution >= 4 is 31.6 Å². The van der Waals surface area contributed by atoms with Crippen molar-refractivity contribution in [2.24, 2.45) is 0 Å².